The van der Waals surface area contributed by atoms with Gasteiger partial charge in [0.1, 0.15) is 11.6 Å². The van der Waals surface area contributed by atoms with Gasteiger partial charge in [-0.25, -0.2) is 9.78 Å². The van der Waals surface area contributed by atoms with Crippen molar-refractivity contribution in [2.75, 3.05) is 62.2 Å². The Morgan fingerprint density at radius 3 is 2.27 bits per heavy atom. The zero-order valence-electron chi connectivity index (χ0n) is 17.9. The largest absolute Gasteiger partial charge is 0.465 e. The predicted octanol–water partition coefficient (Wildman–Crippen LogP) is 1.77. The first kappa shape index (κ1) is 23.6. The minimum atomic E-state index is -4.71. The van der Waals surface area contributed by atoms with Gasteiger partial charge in [0.15, 0.2) is 11.5 Å². The van der Waals surface area contributed by atoms with Crippen LogP contribution in [0.4, 0.5) is 29.7 Å². The average Bonchev–Trinajstić information content (AvgIpc) is 2.72. The molecule has 1 N–H and O–H groups in total. The van der Waals surface area contributed by atoms with Crippen LogP contribution in [0, 0.1) is 0 Å². The highest BCUT2D eigenvalue weighted by molar-refractivity contribution is 6.33. The van der Waals surface area contributed by atoms with E-state index in [9.17, 15) is 22.8 Å². The van der Waals surface area contributed by atoms with Crippen LogP contribution in [0.25, 0.3) is 0 Å². The van der Waals surface area contributed by atoms with Gasteiger partial charge in [0.05, 0.1) is 6.10 Å². The first-order valence-corrected chi connectivity index (χ1v) is 11.0. The fourth-order valence-electron chi connectivity index (χ4n) is 3.91. The average molecular weight is 493 g/mol. The molecule has 0 saturated carbocycles. The SMILES string of the molecule is CC1CCN1c1nc(N2CC(OCC(=O)N3CCN(C(=O)O)CC3)C2)c(Cl)c(C(F)(F)F)n1. The highest BCUT2D eigenvalue weighted by Crippen LogP contribution is 2.40. The molecule has 1 aromatic heterocycles. The molecule has 3 saturated heterocycles. The van der Waals surface area contributed by atoms with Crippen molar-refractivity contribution in [1.29, 1.82) is 0 Å². The molecule has 0 radical (unpaired) electrons. The van der Waals surface area contributed by atoms with Crippen molar-refractivity contribution in [2.45, 2.75) is 31.7 Å². The lowest BCUT2D eigenvalue weighted by molar-refractivity contribution is -0.141. The Labute approximate surface area is 192 Å². The molecule has 10 nitrogen and oxygen atoms in total. The van der Waals surface area contributed by atoms with Gasteiger partial charge < -0.3 is 29.4 Å². The number of aromatic nitrogens is 2. The maximum absolute atomic E-state index is 13.5. The zero-order chi connectivity index (χ0) is 23.9. The summed E-state index contributed by atoms with van der Waals surface area (Å²) in [6.07, 6.45) is -5.24. The first-order chi connectivity index (χ1) is 15.5. The Balaban J connectivity index is 1.34. The molecule has 3 fully saturated rings. The summed E-state index contributed by atoms with van der Waals surface area (Å²) in [7, 11) is 0. The highest BCUT2D eigenvalue weighted by atomic mass is 35.5. The van der Waals surface area contributed by atoms with Crippen LogP contribution < -0.4 is 9.80 Å². The van der Waals surface area contributed by atoms with Gasteiger partial charge in [0.25, 0.3) is 0 Å². The molecule has 33 heavy (non-hydrogen) atoms. The summed E-state index contributed by atoms with van der Waals surface area (Å²) in [5.74, 6) is -0.253. The molecule has 1 unspecified atom stereocenters. The molecule has 3 aliphatic heterocycles. The lowest BCUT2D eigenvalue weighted by atomic mass is 10.1. The van der Waals surface area contributed by atoms with E-state index in [0.29, 0.717) is 19.6 Å². The minimum Gasteiger partial charge on any atom is -0.465 e. The Bertz CT molecular complexity index is 922. The molecule has 0 spiro atoms. The van der Waals surface area contributed by atoms with E-state index < -0.39 is 23.0 Å². The van der Waals surface area contributed by atoms with Crippen LogP contribution in [-0.2, 0) is 15.7 Å². The molecule has 0 aromatic carbocycles. The summed E-state index contributed by atoms with van der Waals surface area (Å²) in [6.45, 7) is 3.82. The van der Waals surface area contributed by atoms with Crippen LogP contribution in [0.1, 0.15) is 19.0 Å². The molecular weight excluding hydrogens is 469 g/mol. The monoisotopic (exact) mass is 492 g/mol. The van der Waals surface area contributed by atoms with Crippen molar-refractivity contribution in [3.8, 4) is 0 Å². The van der Waals surface area contributed by atoms with Crippen molar-refractivity contribution < 1.29 is 32.6 Å². The molecule has 4 rings (SSSR count). The topological polar surface area (TPSA) is 102 Å². The quantitative estimate of drug-likeness (QED) is 0.663. The molecular formula is C19H24ClF3N6O4. The van der Waals surface area contributed by atoms with Gasteiger partial charge >= 0.3 is 12.3 Å². The van der Waals surface area contributed by atoms with Gasteiger partial charge in [0.2, 0.25) is 11.9 Å². The first-order valence-electron chi connectivity index (χ1n) is 10.6. The maximum Gasteiger partial charge on any atom is 0.435 e. The van der Waals surface area contributed by atoms with Crippen LogP contribution in [0.5, 0.6) is 0 Å². The van der Waals surface area contributed by atoms with Gasteiger partial charge in [-0.2, -0.15) is 18.2 Å². The van der Waals surface area contributed by atoms with Gasteiger partial charge in [-0.1, -0.05) is 11.6 Å². The Kier molecular flexibility index (Phi) is 6.45. The molecule has 4 heterocycles. The maximum atomic E-state index is 13.5. The van der Waals surface area contributed by atoms with E-state index in [1.807, 2.05) is 6.92 Å². The van der Waals surface area contributed by atoms with Crippen molar-refractivity contribution in [3.05, 3.63) is 10.7 Å². The third-order valence-corrected chi connectivity index (χ3v) is 6.51. The Hall–Kier alpha value is -2.54. The van der Waals surface area contributed by atoms with Gasteiger partial charge in [0, 0.05) is 51.9 Å². The predicted molar refractivity (Wildman–Crippen MR) is 112 cm³/mol. The number of halogens is 4. The number of hydrogen-bond acceptors (Lipinski definition) is 7. The number of hydrogen-bond donors (Lipinski definition) is 1. The third-order valence-electron chi connectivity index (χ3n) is 6.16. The second-order valence-electron chi connectivity index (χ2n) is 8.33. The van der Waals surface area contributed by atoms with Crippen LogP contribution >= 0.6 is 11.6 Å². The number of piperazine rings is 1. The standard InChI is InChI=1S/C19H24ClF3N6O4/c1-11-2-3-29(11)17-24-15(19(21,22)23)14(20)16(25-17)28-8-12(9-28)33-10-13(30)26-4-6-27(7-5-26)18(31)32/h11-12H,2-10H2,1H3,(H,31,32). The van der Waals surface area contributed by atoms with E-state index in [1.165, 1.54) is 9.80 Å². The lowest BCUT2D eigenvalue weighted by Gasteiger charge is -2.42. The van der Waals surface area contributed by atoms with Crippen molar-refractivity contribution in [3.63, 3.8) is 0 Å². The Morgan fingerprint density at radius 2 is 1.76 bits per heavy atom. The number of alkyl halides is 3. The second-order valence-corrected chi connectivity index (χ2v) is 8.71. The molecule has 1 atom stereocenters. The fourth-order valence-corrected chi connectivity index (χ4v) is 4.22. The summed E-state index contributed by atoms with van der Waals surface area (Å²) in [6, 6.07) is 0.0518. The molecule has 14 heteroatoms. The smallest absolute Gasteiger partial charge is 0.435 e. The fraction of sp³-hybridized carbons (Fsp3) is 0.684. The summed E-state index contributed by atoms with van der Waals surface area (Å²) in [5.41, 5.74) is -1.16. The van der Waals surface area contributed by atoms with Gasteiger partial charge in [-0.05, 0) is 13.3 Å². The normalized spacial score (nSPS) is 21.7. The summed E-state index contributed by atoms with van der Waals surface area (Å²) in [5, 5.41) is 8.42. The van der Waals surface area contributed by atoms with E-state index in [1.54, 1.807) is 9.80 Å². The number of nitrogens with zero attached hydrogens (tertiary/aromatic N) is 6. The summed E-state index contributed by atoms with van der Waals surface area (Å²) >= 11 is 6.03. The number of anilines is 2. The number of carbonyl (C=O) groups is 2. The van der Waals surface area contributed by atoms with Crippen LogP contribution in [0.15, 0.2) is 0 Å². The minimum absolute atomic E-state index is 0.000486. The lowest BCUT2D eigenvalue weighted by Crippen LogP contribution is -2.55. The summed E-state index contributed by atoms with van der Waals surface area (Å²) in [4.78, 5) is 37.3. The third kappa shape index (κ3) is 4.88. The molecule has 3 aliphatic rings. The van der Waals surface area contributed by atoms with Gasteiger partial charge in [-0.15, -0.1) is 0 Å². The molecule has 182 valence electrons. The van der Waals surface area contributed by atoms with Crippen molar-refractivity contribution in [2.24, 2.45) is 0 Å². The molecule has 2 amide bonds. The van der Waals surface area contributed by atoms with Gasteiger partial charge in [-0.3, -0.25) is 4.79 Å². The molecule has 0 bridgehead atoms. The van der Waals surface area contributed by atoms with Crippen LogP contribution in [0.2, 0.25) is 5.02 Å². The Morgan fingerprint density at radius 1 is 1.12 bits per heavy atom. The zero-order valence-corrected chi connectivity index (χ0v) is 18.6. The molecule has 0 aliphatic carbocycles. The van der Waals surface area contributed by atoms with E-state index in [0.717, 1.165) is 6.42 Å². The van der Waals surface area contributed by atoms with E-state index in [-0.39, 0.29) is 62.6 Å². The van der Waals surface area contributed by atoms with E-state index in [2.05, 4.69) is 9.97 Å². The van der Waals surface area contributed by atoms with E-state index in [4.69, 9.17) is 21.4 Å². The second kappa shape index (κ2) is 9.01. The highest BCUT2D eigenvalue weighted by Gasteiger charge is 2.41. The van der Waals surface area contributed by atoms with Crippen molar-refractivity contribution >= 4 is 35.4 Å². The molecule has 1 aromatic rings. The number of rotatable bonds is 5. The van der Waals surface area contributed by atoms with Crippen molar-refractivity contribution in [1.82, 2.24) is 19.8 Å². The van der Waals surface area contributed by atoms with Crippen LogP contribution in [-0.4, -0.2) is 101 Å². The number of carboxylic acid groups (broad SMARTS) is 1. The van der Waals surface area contributed by atoms with E-state index >= 15 is 0 Å². The number of ether oxygens (including phenoxy) is 1. The summed E-state index contributed by atoms with van der Waals surface area (Å²) < 4.78 is 46.1. The number of carbonyl (C=O) groups excluding carboxylic acids is 1. The van der Waals surface area contributed by atoms with Crippen LogP contribution in [0.3, 0.4) is 0 Å². The number of amides is 2.